The molecule has 1 aromatic carbocycles. The first-order valence-electron chi connectivity index (χ1n) is 7.43. The summed E-state index contributed by atoms with van der Waals surface area (Å²) in [6, 6.07) is 4.10. The van der Waals surface area contributed by atoms with Gasteiger partial charge in [-0.2, -0.15) is 10.1 Å². The molecule has 0 saturated heterocycles. The second kappa shape index (κ2) is 6.52. The number of aromatic nitrogens is 4. The summed E-state index contributed by atoms with van der Waals surface area (Å²) in [5, 5.41) is 7.79. The molecule has 3 heterocycles. The number of aromatic amines is 1. The van der Waals surface area contributed by atoms with Crippen molar-refractivity contribution in [3.8, 4) is 11.5 Å². The fourth-order valence-electron chi connectivity index (χ4n) is 2.94. The van der Waals surface area contributed by atoms with Gasteiger partial charge in [-0.1, -0.05) is 0 Å². The van der Waals surface area contributed by atoms with Crippen LogP contribution in [-0.4, -0.2) is 40.9 Å². The van der Waals surface area contributed by atoms with Crippen LogP contribution in [0.1, 0.15) is 11.1 Å². The highest BCUT2D eigenvalue weighted by atomic mass is 35.5. The number of halogens is 1. The van der Waals surface area contributed by atoms with E-state index in [0.717, 1.165) is 42.0 Å². The van der Waals surface area contributed by atoms with Gasteiger partial charge >= 0.3 is 0 Å². The van der Waals surface area contributed by atoms with Crippen LogP contribution in [0.25, 0.3) is 11.0 Å². The van der Waals surface area contributed by atoms with Gasteiger partial charge in [-0.25, -0.2) is 4.98 Å². The largest absolute Gasteiger partial charge is 0.493 e. The lowest BCUT2D eigenvalue weighted by atomic mass is 9.99. The molecule has 0 bridgehead atoms. The summed E-state index contributed by atoms with van der Waals surface area (Å²) in [5.41, 5.74) is 3.25. The monoisotopic (exact) mass is 347 g/mol. The predicted molar refractivity (Wildman–Crippen MR) is 93.2 cm³/mol. The van der Waals surface area contributed by atoms with Gasteiger partial charge in [0, 0.05) is 19.3 Å². The SMILES string of the molecule is COc1cc2c(cc1OC)CN(c1ncc3cn[nH]c3n1)CC2.Cl. The van der Waals surface area contributed by atoms with Gasteiger partial charge in [0.05, 0.1) is 25.8 Å². The molecule has 0 unspecified atom stereocenters. The highest BCUT2D eigenvalue weighted by Gasteiger charge is 2.21. The first kappa shape index (κ1) is 16.3. The molecule has 0 amide bonds. The van der Waals surface area contributed by atoms with E-state index in [1.165, 1.54) is 11.1 Å². The molecular weight excluding hydrogens is 330 g/mol. The molecule has 24 heavy (non-hydrogen) atoms. The van der Waals surface area contributed by atoms with Crippen molar-refractivity contribution in [1.29, 1.82) is 0 Å². The fourth-order valence-corrected chi connectivity index (χ4v) is 2.94. The number of nitrogens with zero attached hydrogens (tertiary/aromatic N) is 4. The Labute approximate surface area is 145 Å². The second-order valence-corrected chi connectivity index (χ2v) is 5.49. The average Bonchev–Trinajstić information content (AvgIpc) is 3.07. The van der Waals surface area contributed by atoms with Gasteiger partial charge in [0.25, 0.3) is 0 Å². The summed E-state index contributed by atoms with van der Waals surface area (Å²) >= 11 is 0. The van der Waals surface area contributed by atoms with Crippen molar-refractivity contribution >= 4 is 29.4 Å². The van der Waals surface area contributed by atoms with Gasteiger partial charge in [0.1, 0.15) is 0 Å². The Morgan fingerprint density at radius 1 is 1.08 bits per heavy atom. The second-order valence-electron chi connectivity index (χ2n) is 5.49. The predicted octanol–water partition coefficient (Wildman–Crippen LogP) is 2.35. The maximum atomic E-state index is 5.40. The molecule has 4 rings (SSSR count). The maximum Gasteiger partial charge on any atom is 0.227 e. The third-order valence-corrected chi connectivity index (χ3v) is 4.18. The van der Waals surface area contributed by atoms with Crippen molar-refractivity contribution in [2.24, 2.45) is 0 Å². The summed E-state index contributed by atoms with van der Waals surface area (Å²) < 4.78 is 10.8. The number of rotatable bonds is 3. The molecule has 3 aromatic rings. The molecule has 1 N–H and O–H groups in total. The molecule has 1 aliphatic rings. The van der Waals surface area contributed by atoms with Crippen molar-refractivity contribution in [2.75, 3.05) is 25.7 Å². The molecule has 2 aromatic heterocycles. The maximum absolute atomic E-state index is 5.40. The van der Waals surface area contributed by atoms with E-state index in [2.05, 4.69) is 31.1 Å². The summed E-state index contributed by atoms with van der Waals surface area (Å²) in [6.45, 7) is 1.61. The average molecular weight is 348 g/mol. The Morgan fingerprint density at radius 3 is 2.58 bits per heavy atom. The van der Waals surface area contributed by atoms with E-state index >= 15 is 0 Å². The zero-order valence-corrected chi connectivity index (χ0v) is 14.3. The molecule has 8 heteroatoms. The third kappa shape index (κ3) is 2.71. The number of fused-ring (bicyclic) bond motifs is 2. The molecule has 0 radical (unpaired) electrons. The van der Waals surface area contributed by atoms with Crippen LogP contribution in [-0.2, 0) is 13.0 Å². The highest BCUT2D eigenvalue weighted by molar-refractivity contribution is 5.85. The Hall–Kier alpha value is -2.54. The number of nitrogens with one attached hydrogen (secondary N) is 1. The van der Waals surface area contributed by atoms with Crippen molar-refractivity contribution in [3.63, 3.8) is 0 Å². The number of hydrogen-bond acceptors (Lipinski definition) is 6. The summed E-state index contributed by atoms with van der Waals surface area (Å²) in [7, 11) is 3.31. The van der Waals surface area contributed by atoms with Gasteiger partial charge in [-0.05, 0) is 29.7 Å². The van der Waals surface area contributed by atoms with Crippen LogP contribution in [0.15, 0.2) is 24.5 Å². The van der Waals surface area contributed by atoms with Crippen LogP contribution >= 0.6 is 12.4 Å². The minimum atomic E-state index is 0. The highest BCUT2D eigenvalue weighted by Crippen LogP contribution is 2.33. The topological polar surface area (TPSA) is 76.2 Å². The van der Waals surface area contributed by atoms with Crippen molar-refractivity contribution < 1.29 is 9.47 Å². The quantitative estimate of drug-likeness (QED) is 0.783. The van der Waals surface area contributed by atoms with Crippen LogP contribution < -0.4 is 14.4 Å². The zero-order chi connectivity index (χ0) is 15.8. The Balaban J connectivity index is 0.00000169. The number of benzene rings is 1. The van der Waals surface area contributed by atoms with E-state index in [1.807, 2.05) is 6.07 Å². The molecule has 0 atom stereocenters. The van der Waals surface area contributed by atoms with Crippen molar-refractivity contribution in [1.82, 2.24) is 20.2 Å². The molecule has 7 nitrogen and oxygen atoms in total. The van der Waals surface area contributed by atoms with E-state index in [4.69, 9.17) is 9.47 Å². The number of hydrogen-bond donors (Lipinski definition) is 1. The van der Waals surface area contributed by atoms with E-state index in [9.17, 15) is 0 Å². The standard InChI is InChI=1S/C16H17N5O2.ClH/c1-22-13-5-10-3-4-21(9-11(10)6-14(13)23-2)16-17-7-12-8-18-20-15(12)19-16;/h5-8H,3-4,9H2,1-2H3,(H,17,18,19,20);1H. The van der Waals surface area contributed by atoms with Gasteiger partial charge in [0.15, 0.2) is 17.1 Å². The molecule has 0 saturated carbocycles. The first-order valence-corrected chi connectivity index (χ1v) is 7.43. The number of ether oxygens (including phenoxy) is 2. The van der Waals surface area contributed by atoms with Crippen LogP contribution in [0, 0.1) is 0 Å². The van der Waals surface area contributed by atoms with Crippen LogP contribution in [0.2, 0.25) is 0 Å². The third-order valence-electron chi connectivity index (χ3n) is 4.18. The summed E-state index contributed by atoms with van der Waals surface area (Å²) in [5.74, 6) is 2.23. The minimum absolute atomic E-state index is 0. The van der Waals surface area contributed by atoms with E-state index in [1.54, 1.807) is 26.6 Å². The zero-order valence-electron chi connectivity index (χ0n) is 13.4. The molecule has 0 spiro atoms. The molecule has 126 valence electrons. The summed E-state index contributed by atoms with van der Waals surface area (Å²) in [6.07, 6.45) is 4.44. The van der Waals surface area contributed by atoms with Gasteiger partial charge in [0.2, 0.25) is 5.95 Å². The fraction of sp³-hybridized carbons (Fsp3) is 0.312. The molecule has 0 aliphatic carbocycles. The lowest BCUT2D eigenvalue weighted by molar-refractivity contribution is 0.353. The normalized spacial score (nSPS) is 13.3. The molecule has 0 fully saturated rings. The van der Waals surface area contributed by atoms with E-state index in [0.29, 0.717) is 5.95 Å². The number of H-pyrrole nitrogens is 1. The van der Waals surface area contributed by atoms with Crippen LogP contribution in [0.3, 0.4) is 0 Å². The smallest absolute Gasteiger partial charge is 0.227 e. The Kier molecular flexibility index (Phi) is 4.44. The molecule has 1 aliphatic heterocycles. The van der Waals surface area contributed by atoms with Crippen LogP contribution in [0.4, 0.5) is 5.95 Å². The number of methoxy groups -OCH3 is 2. The first-order chi connectivity index (χ1) is 11.3. The van der Waals surface area contributed by atoms with Gasteiger partial charge < -0.3 is 14.4 Å². The van der Waals surface area contributed by atoms with E-state index in [-0.39, 0.29) is 12.4 Å². The van der Waals surface area contributed by atoms with Crippen LogP contribution in [0.5, 0.6) is 11.5 Å². The Bertz CT molecular complexity index is 867. The minimum Gasteiger partial charge on any atom is -0.493 e. The van der Waals surface area contributed by atoms with E-state index < -0.39 is 0 Å². The Morgan fingerprint density at radius 2 is 1.83 bits per heavy atom. The number of anilines is 1. The van der Waals surface area contributed by atoms with Gasteiger partial charge in [-0.15, -0.1) is 12.4 Å². The molecular formula is C16H18ClN5O2. The lowest BCUT2D eigenvalue weighted by Gasteiger charge is -2.29. The summed E-state index contributed by atoms with van der Waals surface area (Å²) in [4.78, 5) is 11.2. The van der Waals surface area contributed by atoms with Crippen molar-refractivity contribution in [2.45, 2.75) is 13.0 Å². The van der Waals surface area contributed by atoms with Crippen molar-refractivity contribution in [3.05, 3.63) is 35.7 Å². The lowest BCUT2D eigenvalue weighted by Crippen LogP contribution is -2.31. The van der Waals surface area contributed by atoms with Gasteiger partial charge in [-0.3, -0.25) is 5.10 Å².